The molecule has 0 saturated heterocycles. The molecule has 1 aromatic rings. The molecule has 0 aliphatic heterocycles. The van der Waals surface area contributed by atoms with E-state index in [0.29, 0.717) is 0 Å². The SMILES string of the molecule is CC#CCNCCc1ccc(Br)s1. The zero-order chi connectivity index (χ0) is 9.52. The van der Waals surface area contributed by atoms with Gasteiger partial charge in [0.25, 0.3) is 0 Å². The van der Waals surface area contributed by atoms with Crippen LogP contribution in [0.1, 0.15) is 11.8 Å². The fourth-order valence-corrected chi connectivity index (χ4v) is 2.42. The number of thiophene rings is 1. The highest BCUT2D eigenvalue weighted by Gasteiger charge is 1.95. The van der Waals surface area contributed by atoms with Crippen molar-refractivity contribution in [2.24, 2.45) is 0 Å². The highest BCUT2D eigenvalue weighted by molar-refractivity contribution is 9.11. The van der Waals surface area contributed by atoms with Gasteiger partial charge >= 0.3 is 0 Å². The minimum Gasteiger partial charge on any atom is -0.306 e. The number of halogens is 1. The standard InChI is InChI=1S/C10H12BrNS/c1-2-3-7-12-8-6-9-4-5-10(11)13-9/h4-5,12H,6-8H2,1H3. The lowest BCUT2D eigenvalue weighted by Crippen LogP contribution is -2.16. The third-order valence-corrected chi connectivity index (χ3v) is 3.25. The number of hydrogen-bond donors (Lipinski definition) is 1. The molecule has 0 saturated carbocycles. The van der Waals surface area contributed by atoms with Crippen LogP contribution in [0.25, 0.3) is 0 Å². The molecule has 0 amide bonds. The average Bonchev–Trinajstić information content (AvgIpc) is 2.51. The van der Waals surface area contributed by atoms with E-state index in [1.807, 2.05) is 6.92 Å². The van der Waals surface area contributed by atoms with Crippen LogP contribution in [0.4, 0.5) is 0 Å². The van der Waals surface area contributed by atoms with Gasteiger partial charge in [-0.15, -0.1) is 17.3 Å². The van der Waals surface area contributed by atoms with Crippen molar-refractivity contribution in [2.75, 3.05) is 13.1 Å². The first-order valence-corrected chi connectivity index (χ1v) is 5.78. The predicted octanol–water partition coefficient (Wildman–Crippen LogP) is 2.67. The molecule has 0 atom stereocenters. The van der Waals surface area contributed by atoms with Gasteiger partial charge in [0.1, 0.15) is 0 Å². The third-order valence-electron chi connectivity index (χ3n) is 1.57. The quantitative estimate of drug-likeness (QED) is 0.646. The van der Waals surface area contributed by atoms with E-state index in [1.54, 1.807) is 11.3 Å². The Labute approximate surface area is 91.7 Å². The first kappa shape index (κ1) is 10.8. The summed E-state index contributed by atoms with van der Waals surface area (Å²) in [6, 6.07) is 4.24. The summed E-state index contributed by atoms with van der Waals surface area (Å²) in [7, 11) is 0. The summed E-state index contributed by atoms with van der Waals surface area (Å²) < 4.78 is 1.20. The molecule has 3 heteroatoms. The summed E-state index contributed by atoms with van der Waals surface area (Å²) in [5, 5.41) is 3.26. The number of hydrogen-bond acceptors (Lipinski definition) is 2. The lowest BCUT2D eigenvalue weighted by Gasteiger charge is -1.97. The fraction of sp³-hybridized carbons (Fsp3) is 0.400. The van der Waals surface area contributed by atoms with Gasteiger partial charge in [-0.2, -0.15) is 0 Å². The summed E-state index contributed by atoms with van der Waals surface area (Å²) in [5.74, 6) is 5.83. The number of nitrogens with one attached hydrogen (secondary N) is 1. The molecule has 1 aromatic heterocycles. The van der Waals surface area contributed by atoms with Crippen molar-refractivity contribution in [3.05, 3.63) is 20.8 Å². The van der Waals surface area contributed by atoms with E-state index in [4.69, 9.17) is 0 Å². The minimum atomic E-state index is 0.795. The summed E-state index contributed by atoms with van der Waals surface area (Å²) in [6.45, 7) is 3.66. The van der Waals surface area contributed by atoms with Gasteiger partial charge < -0.3 is 5.32 Å². The molecule has 0 aromatic carbocycles. The molecule has 0 fully saturated rings. The summed E-state index contributed by atoms with van der Waals surface area (Å²) >= 11 is 5.23. The molecule has 0 aliphatic carbocycles. The molecule has 1 heterocycles. The van der Waals surface area contributed by atoms with E-state index in [2.05, 4.69) is 45.2 Å². The second kappa shape index (κ2) is 6.20. The average molecular weight is 258 g/mol. The Hall–Kier alpha value is -0.300. The van der Waals surface area contributed by atoms with Crippen LogP contribution in [0.3, 0.4) is 0 Å². The van der Waals surface area contributed by atoms with Crippen LogP contribution in [0, 0.1) is 11.8 Å². The second-order valence-corrected chi connectivity index (χ2v) is 5.11. The number of rotatable bonds is 4. The molecule has 0 radical (unpaired) electrons. The molecule has 0 spiro atoms. The predicted molar refractivity (Wildman–Crippen MR) is 62.0 cm³/mol. The van der Waals surface area contributed by atoms with Crippen molar-refractivity contribution in [1.29, 1.82) is 0 Å². The summed E-state index contributed by atoms with van der Waals surface area (Å²) in [6.07, 6.45) is 1.08. The van der Waals surface area contributed by atoms with Gasteiger partial charge in [-0.05, 0) is 41.4 Å². The van der Waals surface area contributed by atoms with Crippen molar-refractivity contribution in [3.63, 3.8) is 0 Å². The topological polar surface area (TPSA) is 12.0 Å². The maximum Gasteiger partial charge on any atom is 0.0701 e. The normalized spacial score (nSPS) is 9.38. The van der Waals surface area contributed by atoms with Crippen LogP contribution >= 0.6 is 27.3 Å². The van der Waals surface area contributed by atoms with E-state index < -0.39 is 0 Å². The van der Waals surface area contributed by atoms with Crippen molar-refractivity contribution >= 4 is 27.3 Å². The summed E-state index contributed by atoms with van der Waals surface area (Å²) in [5.41, 5.74) is 0. The first-order chi connectivity index (χ1) is 6.33. The van der Waals surface area contributed by atoms with Crippen LogP contribution in [-0.4, -0.2) is 13.1 Å². The second-order valence-electron chi connectivity index (χ2n) is 2.56. The Bertz CT molecular complexity index is 308. The van der Waals surface area contributed by atoms with Crippen LogP contribution in [0.2, 0.25) is 0 Å². The van der Waals surface area contributed by atoms with Crippen molar-refractivity contribution in [1.82, 2.24) is 5.32 Å². The molecule has 13 heavy (non-hydrogen) atoms. The Balaban J connectivity index is 2.15. The monoisotopic (exact) mass is 257 g/mol. The Morgan fingerprint density at radius 1 is 1.54 bits per heavy atom. The van der Waals surface area contributed by atoms with Gasteiger partial charge in [0.2, 0.25) is 0 Å². The first-order valence-electron chi connectivity index (χ1n) is 4.17. The van der Waals surface area contributed by atoms with E-state index in [1.165, 1.54) is 8.66 Å². The molecule has 1 rings (SSSR count). The smallest absolute Gasteiger partial charge is 0.0701 e. The van der Waals surface area contributed by atoms with E-state index in [-0.39, 0.29) is 0 Å². The fourth-order valence-electron chi connectivity index (χ4n) is 0.937. The zero-order valence-electron chi connectivity index (χ0n) is 7.56. The van der Waals surface area contributed by atoms with Crippen molar-refractivity contribution in [2.45, 2.75) is 13.3 Å². The molecule has 1 nitrogen and oxygen atoms in total. The Kier molecular flexibility index (Phi) is 5.14. The highest BCUT2D eigenvalue weighted by Crippen LogP contribution is 2.21. The van der Waals surface area contributed by atoms with Gasteiger partial charge in [0.15, 0.2) is 0 Å². The zero-order valence-corrected chi connectivity index (χ0v) is 9.96. The van der Waals surface area contributed by atoms with Crippen LogP contribution in [0.5, 0.6) is 0 Å². The molecule has 0 unspecified atom stereocenters. The van der Waals surface area contributed by atoms with Gasteiger partial charge in [0.05, 0.1) is 10.3 Å². The van der Waals surface area contributed by atoms with E-state index >= 15 is 0 Å². The van der Waals surface area contributed by atoms with Crippen molar-refractivity contribution in [3.8, 4) is 11.8 Å². The lowest BCUT2D eigenvalue weighted by atomic mass is 10.3. The molecule has 0 bridgehead atoms. The Morgan fingerprint density at radius 2 is 2.38 bits per heavy atom. The van der Waals surface area contributed by atoms with Gasteiger partial charge in [-0.1, -0.05) is 5.92 Å². The van der Waals surface area contributed by atoms with Crippen LogP contribution in [0.15, 0.2) is 15.9 Å². The molecule has 1 N–H and O–H groups in total. The largest absolute Gasteiger partial charge is 0.306 e. The van der Waals surface area contributed by atoms with Gasteiger partial charge in [-0.25, -0.2) is 0 Å². The Morgan fingerprint density at radius 3 is 3.00 bits per heavy atom. The van der Waals surface area contributed by atoms with Crippen molar-refractivity contribution < 1.29 is 0 Å². The third kappa shape index (κ3) is 4.47. The molecular weight excluding hydrogens is 246 g/mol. The van der Waals surface area contributed by atoms with Gasteiger partial charge in [0, 0.05) is 11.4 Å². The lowest BCUT2D eigenvalue weighted by molar-refractivity contribution is 0.759. The van der Waals surface area contributed by atoms with Crippen LogP contribution in [-0.2, 0) is 6.42 Å². The molecular formula is C10H12BrNS. The van der Waals surface area contributed by atoms with E-state index in [9.17, 15) is 0 Å². The minimum absolute atomic E-state index is 0.795. The summed E-state index contributed by atoms with van der Waals surface area (Å²) in [4.78, 5) is 1.41. The molecule has 70 valence electrons. The maximum absolute atomic E-state index is 3.44. The van der Waals surface area contributed by atoms with E-state index in [0.717, 1.165) is 19.5 Å². The van der Waals surface area contributed by atoms with Gasteiger partial charge in [-0.3, -0.25) is 0 Å². The van der Waals surface area contributed by atoms with Crippen LogP contribution < -0.4 is 5.32 Å². The highest BCUT2D eigenvalue weighted by atomic mass is 79.9. The maximum atomic E-state index is 3.44. The molecule has 0 aliphatic rings.